The number of aromatic nitrogens is 2. The van der Waals surface area contributed by atoms with Crippen LogP contribution in [0.15, 0.2) is 18.6 Å². The van der Waals surface area contributed by atoms with Gasteiger partial charge in [-0.3, -0.25) is 4.98 Å². The average Bonchev–Trinajstić information content (AvgIpc) is 2.53. The normalized spacial score (nSPS) is 18.7. The van der Waals surface area contributed by atoms with Crippen LogP contribution in [-0.2, 0) is 0 Å². The van der Waals surface area contributed by atoms with Gasteiger partial charge in [0.1, 0.15) is 5.82 Å². The molecule has 1 saturated heterocycles. The first-order valence-corrected chi connectivity index (χ1v) is 7.98. The molecule has 0 spiro atoms. The van der Waals surface area contributed by atoms with Gasteiger partial charge in [-0.25, -0.2) is 9.78 Å². The Balaban J connectivity index is 1.49. The molecule has 1 fully saturated rings. The largest absolute Gasteiger partial charge is 0.367 e. The second-order valence-electron chi connectivity index (χ2n) is 5.75. The van der Waals surface area contributed by atoms with Gasteiger partial charge in [0.2, 0.25) is 0 Å². The average molecular weight is 306 g/mol. The van der Waals surface area contributed by atoms with Crippen LogP contribution in [0, 0.1) is 5.92 Å². The van der Waals surface area contributed by atoms with E-state index in [0.717, 1.165) is 25.6 Å². The molecule has 7 nitrogen and oxygen atoms in total. The van der Waals surface area contributed by atoms with Crippen LogP contribution in [-0.4, -0.2) is 60.2 Å². The Labute approximate surface area is 131 Å². The van der Waals surface area contributed by atoms with Gasteiger partial charge in [0.05, 0.1) is 6.20 Å². The molecule has 0 unspecified atom stereocenters. The molecule has 0 aliphatic carbocycles. The Kier molecular flexibility index (Phi) is 6.89. The topological polar surface area (TPSA) is 82.2 Å². The maximum Gasteiger partial charge on any atom is 0.314 e. The molecular weight excluding hydrogens is 280 g/mol. The lowest BCUT2D eigenvalue weighted by atomic mass is 10.0. The summed E-state index contributed by atoms with van der Waals surface area (Å²) in [5.74, 6) is 1.48. The van der Waals surface area contributed by atoms with Crippen molar-refractivity contribution in [2.45, 2.75) is 19.8 Å². The summed E-state index contributed by atoms with van der Waals surface area (Å²) in [5, 5.41) is 8.80. The molecule has 122 valence electrons. The van der Waals surface area contributed by atoms with Crippen LogP contribution in [0.4, 0.5) is 10.6 Å². The zero-order valence-corrected chi connectivity index (χ0v) is 13.2. The highest BCUT2D eigenvalue weighted by molar-refractivity contribution is 5.73. The lowest BCUT2D eigenvalue weighted by molar-refractivity contribution is 0.184. The van der Waals surface area contributed by atoms with Crippen LogP contribution in [0.2, 0.25) is 0 Å². The standard InChI is InChI=1S/C15H26N6O/c1-13-3-2-9-21(12-13)10-8-20-15(22)19-7-6-18-14-11-16-4-5-17-14/h4-5,11,13H,2-3,6-10,12H2,1H3,(H,17,18)(H2,19,20,22)/t13-/m0/s1. The van der Waals surface area contributed by atoms with Crippen LogP contribution in [0.3, 0.4) is 0 Å². The van der Waals surface area contributed by atoms with E-state index in [-0.39, 0.29) is 6.03 Å². The van der Waals surface area contributed by atoms with Gasteiger partial charge in [0, 0.05) is 45.1 Å². The van der Waals surface area contributed by atoms with E-state index >= 15 is 0 Å². The summed E-state index contributed by atoms with van der Waals surface area (Å²) in [5.41, 5.74) is 0. The molecule has 7 heteroatoms. The van der Waals surface area contributed by atoms with Crippen LogP contribution in [0.25, 0.3) is 0 Å². The van der Waals surface area contributed by atoms with E-state index in [0.29, 0.717) is 25.5 Å². The minimum atomic E-state index is -0.119. The minimum Gasteiger partial charge on any atom is -0.367 e. The van der Waals surface area contributed by atoms with Gasteiger partial charge in [-0.05, 0) is 25.3 Å². The van der Waals surface area contributed by atoms with Crippen molar-refractivity contribution in [1.82, 2.24) is 25.5 Å². The fourth-order valence-corrected chi connectivity index (χ4v) is 2.64. The molecule has 1 aliphatic heterocycles. The van der Waals surface area contributed by atoms with E-state index in [9.17, 15) is 4.79 Å². The maximum atomic E-state index is 11.7. The summed E-state index contributed by atoms with van der Waals surface area (Å²) in [4.78, 5) is 22.1. The number of piperidine rings is 1. The molecule has 3 N–H and O–H groups in total. The third-order valence-corrected chi connectivity index (χ3v) is 3.73. The molecule has 0 radical (unpaired) electrons. The lowest BCUT2D eigenvalue weighted by Crippen LogP contribution is -2.43. The molecule has 0 saturated carbocycles. The number of anilines is 1. The summed E-state index contributed by atoms with van der Waals surface area (Å²) in [7, 11) is 0. The van der Waals surface area contributed by atoms with Crippen molar-refractivity contribution < 1.29 is 4.79 Å². The quantitative estimate of drug-likeness (QED) is 0.653. The highest BCUT2D eigenvalue weighted by atomic mass is 16.2. The smallest absolute Gasteiger partial charge is 0.314 e. The molecule has 1 aromatic rings. The molecule has 1 atom stereocenters. The molecule has 1 aliphatic rings. The van der Waals surface area contributed by atoms with Gasteiger partial charge in [-0.15, -0.1) is 0 Å². The molecule has 0 bridgehead atoms. The number of amides is 2. The summed E-state index contributed by atoms with van der Waals surface area (Å²) < 4.78 is 0. The SMILES string of the molecule is C[C@H]1CCCN(CCNC(=O)NCCNc2cnccn2)C1. The number of hydrogen-bond donors (Lipinski definition) is 3. The Morgan fingerprint density at radius 2 is 2.18 bits per heavy atom. The first kappa shape index (κ1) is 16.5. The number of urea groups is 1. The second-order valence-corrected chi connectivity index (χ2v) is 5.75. The van der Waals surface area contributed by atoms with Gasteiger partial charge in [0.15, 0.2) is 0 Å². The first-order valence-electron chi connectivity index (χ1n) is 7.98. The zero-order chi connectivity index (χ0) is 15.6. The number of rotatable bonds is 7. The molecule has 22 heavy (non-hydrogen) atoms. The van der Waals surface area contributed by atoms with Crippen molar-refractivity contribution >= 4 is 11.8 Å². The Hall–Kier alpha value is -1.89. The van der Waals surface area contributed by atoms with Gasteiger partial charge < -0.3 is 20.9 Å². The van der Waals surface area contributed by atoms with Gasteiger partial charge >= 0.3 is 6.03 Å². The summed E-state index contributed by atoms with van der Waals surface area (Å²) >= 11 is 0. The van der Waals surface area contributed by atoms with Crippen LogP contribution in [0.5, 0.6) is 0 Å². The minimum absolute atomic E-state index is 0.119. The highest BCUT2D eigenvalue weighted by Crippen LogP contribution is 2.14. The Morgan fingerprint density at radius 1 is 1.32 bits per heavy atom. The number of nitrogens with zero attached hydrogens (tertiary/aromatic N) is 3. The highest BCUT2D eigenvalue weighted by Gasteiger charge is 2.15. The maximum absolute atomic E-state index is 11.7. The zero-order valence-electron chi connectivity index (χ0n) is 13.2. The van der Waals surface area contributed by atoms with Crippen LogP contribution < -0.4 is 16.0 Å². The number of nitrogens with one attached hydrogen (secondary N) is 3. The third-order valence-electron chi connectivity index (χ3n) is 3.73. The van der Waals surface area contributed by atoms with E-state index in [1.54, 1.807) is 18.6 Å². The van der Waals surface area contributed by atoms with Gasteiger partial charge in [0.25, 0.3) is 0 Å². The second kappa shape index (κ2) is 9.19. The number of carbonyl (C=O) groups excluding carboxylic acids is 1. The van der Waals surface area contributed by atoms with Crippen molar-refractivity contribution in [2.75, 3.05) is 44.6 Å². The van der Waals surface area contributed by atoms with E-state index in [1.165, 1.54) is 12.8 Å². The van der Waals surface area contributed by atoms with Crippen molar-refractivity contribution in [1.29, 1.82) is 0 Å². The summed E-state index contributed by atoms with van der Waals surface area (Å²) in [6, 6.07) is -0.119. The van der Waals surface area contributed by atoms with Gasteiger partial charge in [-0.2, -0.15) is 0 Å². The van der Waals surface area contributed by atoms with E-state index < -0.39 is 0 Å². The summed E-state index contributed by atoms with van der Waals surface area (Å²) in [6.45, 7) is 7.36. The van der Waals surface area contributed by atoms with Crippen LogP contribution in [0.1, 0.15) is 19.8 Å². The molecule has 0 aromatic carbocycles. The van der Waals surface area contributed by atoms with Crippen molar-refractivity contribution in [3.63, 3.8) is 0 Å². The van der Waals surface area contributed by atoms with E-state index in [4.69, 9.17) is 0 Å². The van der Waals surface area contributed by atoms with Crippen LogP contribution >= 0.6 is 0 Å². The Bertz CT molecular complexity index is 441. The van der Waals surface area contributed by atoms with E-state index in [2.05, 4.69) is 37.7 Å². The lowest BCUT2D eigenvalue weighted by Gasteiger charge is -2.30. The third kappa shape index (κ3) is 6.26. The number of carbonyl (C=O) groups is 1. The van der Waals surface area contributed by atoms with Crippen molar-refractivity contribution in [3.05, 3.63) is 18.6 Å². The first-order chi connectivity index (χ1) is 10.7. The fourth-order valence-electron chi connectivity index (χ4n) is 2.64. The molecular formula is C15H26N6O. The van der Waals surface area contributed by atoms with E-state index in [1.807, 2.05) is 0 Å². The number of hydrogen-bond acceptors (Lipinski definition) is 5. The van der Waals surface area contributed by atoms with Crippen molar-refractivity contribution in [3.8, 4) is 0 Å². The predicted octanol–water partition coefficient (Wildman–Crippen LogP) is 0.920. The summed E-state index contributed by atoms with van der Waals surface area (Å²) in [6.07, 6.45) is 7.49. The number of likely N-dealkylation sites (tertiary alicyclic amines) is 1. The monoisotopic (exact) mass is 306 g/mol. The fraction of sp³-hybridized carbons (Fsp3) is 0.667. The Morgan fingerprint density at radius 3 is 2.95 bits per heavy atom. The van der Waals surface area contributed by atoms with Crippen molar-refractivity contribution in [2.24, 2.45) is 5.92 Å². The molecule has 1 aromatic heterocycles. The molecule has 2 amide bonds. The van der Waals surface area contributed by atoms with Gasteiger partial charge in [-0.1, -0.05) is 6.92 Å². The predicted molar refractivity (Wildman–Crippen MR) is 86.8 cm³/mol. The molecule has 2 heterocycles. The molecule has 2 rings (SSSR count).